The zero-order valence-electron chi connectivity index (χ0n) is 10.6. The van der Waals surface area contributed by atoms with Gasteiger partial charge < -0.3 is 5.73 Å². The summed E-state index contributed by atoms with van der Waals surface area (Å²) in [4.78, 5) is 0. The van der Waals surface area contributed by atoms with Crippen molar-refractivity contribution in [3.8, 4) is 0 Å². The Morgan fingerprint density at radius 3 is 2.28 bits per heavy atom. The van der Waals surface area contributed by atoms with Gasteiger partial charge in [0.2, 0.25) is 0 Å². The monoisotopic (exact) mass is 249 g/mol. The van der Waals surface area contributed by atoms with Crippen LogP contribution in [0.5, 0.6) is 0 Å². The lowest BCUT2D eigenvalue weighted by molar-refractivity contribution is -0.107. The lowest BCUT2D eigenvalue weighted by Gasteiger charge is -2.33. The van der Waals surface area contributed by atoms with Crippen molar-refractivity contribution in [3.63, 3.8) is 0 Å². The first-order valence-corrected chi connectivity index (χ1v) is 5.96. The minimum Gasteiger partial charge on any atom is -0.330 e. The fourth-order valence-corrected chi connectivity index (χ4v) is 1.99. The molecule has 0 aliphatic carbocycles. The normalized spacial score (nSPS) is 12.9. The van der Waals surface area contributed by atoms with Gasteiger partial charge in [-0.3, -0.25) is 0 Å². The van der Waals surface area contributed by atoms with E-state index in [0.717, 1.165) is 5.39 Å². The van der Waals surface area contributed by atoms with Crippen LogP contribution < -0.4 is 5.73 Å². The molecule has 2 rings (SSSR count). The highest BCUT2D eigenvalue weighted by molar-refractivity contribution is 5.86. The molecule has 0 saturated carbocycles. The van der Waals surface area contributed by atoms with Crippen molar-refractivity contribution in [3.05, 3.63) is 48.0 Å². The van der Waals surface area contributed by atoms with Crippen molar-refractivity contribution in [2.45, 2.75) is 19.8 Å². The number of nitrogens with two attached hydrogens (primary N) is 1. The number of halogens is 2. The van der Waals surface area contributed by atoms with E-state index >= 15 is 0 Å². The van der Waals surface area contributed by atoms with Gasteiger partial charge in [-0.2, -0.15) is 0 Å². The highest BCUT2D eigenvalue weighted by Crippen LogP contribution is 2.46. The summed E-state index contributed by atoms with van der Waals surface area (Å²) in [5, 5.41) is 1.41. The summed E-state index contributed by atoms with van der Waals surface area (Å²) in [6.07, 6.45) is 0. The van der Waals surface area contributed by atoms with Gasteiger partial charge in [0, 0.05) is 17.5 Å². The quantitative estimate of drug-likeness (QED) is 0.876. The highest BCUT2D eigenvalue weighted by atomic mass is 19.3. The van der Waals surface area contributed by atoms with Crippen molar-refractivity contribution in [2.24, 2.45) is 11.1 Å². The Kier molecular flexibility index (Phi) is 3.11. The van der Waals surface area contributed by atoms with Crippen LogP contribution in [0.3, 0.4) is 0 Å². The molecule has 0 aromatic heterocycles. The molecule has 0 aliphatic heterocycles. The number of benzene rings is 2. The first-order chi connectivity index (χ1) is 8.40. The van der Waals surface area contributed by atoms with Crippen molar-refractivity contribution < 1.29 is 8.78 Å². The summed E-state index contributed by atoms with van der Waals surface area (Å²) in [5.74, 6) is -2.96. The summed E-state index contributed by atoms with van der Waals surface area (Å²) in [6, 6.07) is 12.2. The van der Waals surface area contributed by atoms with E-state index in [4.69, 9.17) is 5.73 Å². The molecule has 0 fully saturated rings. The topological polar surface area (TPSA) is 26.0 Å². The van der Waals surface area contributed by atoms with Gasteiger partial charge in [-0.1, -0.05) is 56.3 Å². The maximum absolute atomic E-state index is 14.6. The van der Waals surface area contributed by atoms with Crippen LogP contribution in [0.4, 0.5) is 8.78 Å². The standard InChI is InChI=1S/C15H17F2N/c1-14(2,10-18)15(16,17)13-9-5-7-11-6-3-4-8-12(11)13/h3-9H,10,18H2,1-2H3. The van der Waals surface area contributed by atoms with Crippen LogP contribution in [-0.4, -0.2) is 6.54 Å². The molecule has 2 N–H and O–H groups in total. The molecule has 0 atom stereocenters. The summed E-state index contributed by atoms with van der Waals surface area (Å²) < 4.78 is 29.2. The molecule has 3 heteroatoms. The largest absolute Gasteiger partial charge is 0.330 e. The van der Waals surface area contributed by atoms with E-state index in [1.165, 1.54) is 19.9 Å². The van der Waals surface area contributed by atoms with E-state index in [1.807, 2.05) is 18.2 Å². The van der Waals surface area contributed by atoms with Gasteiger partial charge in [0.05, 0.1) is 0 Å². The minimum atomic E-state index is -2.96. The zero-order chi connectivity index (χ0) is 13.4. The Morgan fingerprint density at radius 2 is 1.61 bits per heavy atom. The molecule has 0 saturated heterocycles. The predicted molar refractivity (Wildman–Crippen MR) is 70.7 cm³/mol. The first-order valence-electron chi connectivity index (χ1n) is 5.96. The third-order valence-corrected chi connectivity index (χ3v) is 3.49. The molecule has 2 aromatic rings. The zero-order valence-corrected chi connectivity index (χ0v) is 10.6. The van der Waals surface area contributed by atoms with Gasteiger partial charge >= 0.3 is 0 Å². The van der Waals surface area contributed by atoms with Crippen molar-refractivity contribution in [1.82, 2.24) is 0 Å². The molecule has 0 unspecified atom stereocenters. The number of alkyl halides is 2. The van der Waals surface area contributed by atoms with Gasteiger partial charge in [-0.05, 0) is 10.8 Å². The third kappa shape index (κ3) is 1.89. The van der Waals surface area contributed by atoms with E-state index in [2.05, 4.69) is 0 Å². The molecule has 0 bridgehead atoms. The Hall–Kier alpha value is -1.48. The molecule has 0 spiro atoms. The number of rotatable bonds is 3. The van der Waals surface area contributed by atoms with Gasteiger partial charge in [0.1, 0.15) is 0 Å². The second-order valence-electron chi connectivity index (χ2n) is 5.19. The molecule has 1 nitrogen and oxygen atoms in total. The summed E-state index contributed by atoms with van der Waals surface area (Å²) in [7, 11) is 0. The van der Waals surface area contributed by atoms with Crippen LogP contribution in [0.25, 0.3) is 10.8 Å². The van der Waals surface area contributed by atoms with Crippen molar-refractivity contribution in [2.75, 3.05) is 6.54 Å². The molecular formula is C15H17F2N. The lowest BCUT2D eigenvalue weighted by atomic mass is 9.80. The average Bonchev–Trinajstić information content (AvgIpc) is 2.37. The van der Waals surface area contributed by atoms with Crippen LogP contribution in [0.2, 0.25) is 0 Å². The average molecular weight is 249 g/mol. The third-order valence-electron chi connectivity index (χ3n) is 3.49. The molecule has 0 radical (unpaired) electrons. The van der Waals surface area contributed by atoms with Crippen molar-refractivity contribution in [1.29, 1.82) is 0 Å². The van der Waals surface area contributed by atoms with E-state index in [1.54, 1.807) is 18.2 Å². The van der Waals surface area contributed by atoms with Gasteiger partial charge in [-0.15, -0.1) is 0 Å². The van der Waals surface area contributed by atoms with E-state index in [-0.39, 0.29) is 12.1 Å². The summed E-state index contributed by atoms with van der Waals surface area (Å²) in [5.41, 5.74) is 4.28. The fraction of sp³-hybridized carbons (Fsp3) is 0.333. The second kappa shape index (κ2) is 4.32. The Labute approximate surface area is 106 Å². The molecule has 96 valence electrons. The first kappa shape index (κ1) is 13.0. The molecule has 2 aromatic carbocycles. The SMILES string of the molecule is CC(C)(CN)C(F)(F)c1cccc2ccccc12. The second-order valence-corrected chi connectivity index (χ2v) is 5.19. The summed E-state index contributed by atoms with van der Waals surface area (Å²) >= 11 is 0. The molecule has 0 heterocycles. The maximum atomic E-state index is 14.6. The van der Waals surface area contributed by atoms with Crippen LogP contribution in [0, 0.1) is 5.41 Å². The van der Waals surface area contributed by atoms with E-state index in [9.17, 15) is 8.78 Å². The van der Waals surface area contributed by atoms with Crippen LogP contribution in [-0.2, 0) is 5.92 Å². The van der Waals surface area contributed by atoms with Crippen LogP contribution >= 0.6 is 0 Å². The van der Waals surface area contributed by atoms with Gasteiger partial charge in [-0.25, -0.2) is 8.78 Å². The minimum absolute atomic E-state index is 0.0519. The molecule has 18 heavy (non-hydrogen) atoms. The van der Waals surface area contributed by atoms with E-state index in [0.29, 0.717) is 5.39 Å². The Balaban J connectivity index is 2.68. The van der Waals surface area contributed by atoms with Crippen molar-refractivity contribution >= 4 is 10.8 Å². The Morgan fingerprint density at radius 1 is 1.00 bits per heavy atom. The van der Waals surface area contributed by atoms with Gasteiger partial charge in [0.25, 0.3) is 5.92 Å². The molecular weight excluding hydrogens is 232 g/mol. The number of hydrogen-bond acceptors (Lipinski definition) is 1. The number of fused-ring (bicyclic) bond motifs is 1. The molecule has 0 aliphatic rings. The fourth-order valence-electron chi connectivity index (χ4n) is 1.99. The predicted octanol–water partition coefficient (Wildman–Crippen LogP) is 3.92. The molecule has 0 amide bonds. The highest BCUT2D eigenvalue weighted by Gasteiger charge is 2.47. The smallest absolute Gasteiger partial charge is 0.280 e. The number of hydrogen-bond donors (Lipinski definition) is 1. The Bertz CT molecular complexity index is 556. The van der Waals surface area contributed by atoms with E-state index < -0.39 is 11.3 Å². The lowest BCUT2D eigenvalue weighted by Crippen LogP contribution is -2.40. The maximum Gasteiger partial charge on any atom is 0.280 e. The van der Waals surface area contributed by atoms with Crippen LogP contribution in [0.1, 0.15) is 19.4 Å². The van der Waals surface area contributed by atoms with Crippen LogP contribution in [0.15, 0.2) is 42.5 Å². The summed E-state index contributed by atoms with van der Waals surface area (Å²) in [6.45, 7) is 2.92. The van der Waals surface area contributed by atoms with Gasteiger partial charge in [0.15, 0.2) is 0 Å².